The molecule has 0 aliphatic carbocycles. The van der Waals surface area contributed by atoms with Crippen LogP contribution in [0.1, 0.15) is 29.9 Å². The van der Waals surface area contributed by atoms with Gasteiger partial charge >= 0.3 is 18.1 Å². The zero-order valence-electron chi connectivity index (χ0n) is 15.7. The van der Waals surface area contributed by atoms with Gasteiger partial charge in [0.2, 0.25) is 17.0 Å². The fourth-order valence-electron chi connectivity index (χ4n) is 2.35. The maximum Gasteiger partial charge on any atom is 0.416 e. The summed E-state index contributed by atoms with van der Waals surface area (Å²) in [5.41, 5.74) is -0.226. The molecular weight excluding hydrogens is 488 g/mol. The summed E-state index contributed by atoms with van der Waals surface area (Å²) in [6.07, 6.45) is -4.58. The average molecular weight is 501 g/mol. The van der Waals surface area contributed by atoms with Crippen LogP contribution >= 0.6 is 23.2 Å². The molecule has 0 fully saturated rings. The largest absolute Gasteiger partial charge is 0.611 e. The number of rotatable bonds is 6. The fourth-order valence-corrected chi connectivity index (χ4v) is 4.00. The van der Waals surface area contributed by atoms with Crippen molar-refractivity contribution in [3.05, 3.63) is 33.4 Å². The summed E-state index contributed by atoms with van der Waals surface area (Å²) in [6, 6.07) is 1.15. The Morgan fingerprint density at radius 3 is 2.35 bits per heavy atom. The van der Waals surface area contributed by atoms with E-state index in [9.17, 15) is 32.1 Å². The molecule has 1 heterocycles. The van der Waals surface area contributed by atoms with Crippen LogP contribution in [0, 0.1) is 0 Å². The Morgan fingerprint density at radius 2 is 1.90 bits per heavy atom. The summed E-state index contributed by atoms with van der Waals surface area (Å²) in [7, 11) is 0. The van der Waals surface area contributed by atoms with Crippen molar-refractivity contribution in [2.75, 3.05) is 11.1 Å². The monoisotopic (exact) mass is 500 g/mol. The minimum atomic E-state index is -4.75. The van der Waals surface area contributed by atoms with E-state index in [0.29, 0.717) is 12.1 Å². The average Bonchev–Trinajstić information content (AvgIpc) is 3.03. The first-order valence-corrected chi connectivity index (χ1v) is 10.3. The van der Waals surface area contributed by atoms with Crippen molar-refractivity contribution in [3.8, 4) is 5.69 Å². The van der Waals surface area contributed by atoms with E-state index in [1.165, 1.54) is 6.92 Å². The smallest absolute Gasteiger partial charge is 0.416 e. The highest BCUT2D eigenvalue weighted by molar-refractivity contribution is 7.91. The summed E-state index contributed by atoms with van der Waals surface area (Å²) >= 11 is 10.1. The maximum atomic E-state index is 13.0. The lowest BCUT2D eigenvalue weighted by molar-refractivity contribution is -0.146. The number of hydroxylamine groups is 1. The van der Waals surface area contributed by atoms with Gasteiger partial charge in [-0.2, -0.15) is 23.8 Å². The number of anilines is 1. The quantitative estimate of drug-likeness (QED) is 0.356. The molecule has 1 unspecified atom stereocenters. The SMILES string of the molecule is CC[S+]([O-])c1c(C(=O)NOC(C)=O)nn(-c2c(Cl)cc(C(F)(F)F)cc2Cl)c1NC=O. The normalized spacial score (nSPS) is 12.3. The van der Waals surface area contributed by atoms with Gasteiger partial charge in [-0.25, -0.2) is 4.68 Å². The van der Waals surface area contributed by atoms with Crippen LogP contribution in [0.2, 0.25) is 10.0 Å². The van der Waals surface area contributed by atoms with Crippen molar-refractivity contribution >= 4 is 58.5 Å². The molecular formula is C16H13Cl2F3N4O5S. The van der Waals surface area contributed by atoms with Gasteiger partial charge in [0.25, 0.3) is 0 Å². The number of nitrogens with zero attached hydrogens (tertiary/aromatic N) is 2. The number of carbonyl (C=O) groups excluding carboxylic acids is 3. The summed E-state index contributed by atoms with van der Waals surface area (Å²) in [5, 5.41) is 5.07. The van der Waals surface area contributed by atoms with Crippen LogP contribution in [-0.4, -0.2) is 38.4 Å². The van der Waals surface area contributed by atoms with Crippen LogP contribution in [0.25, 0.3) is 5.69 Å². The Labute approximate surface area is 185 Å². The van der Waals surface area contributed by atoms with Crippen molar-refractivity contribution in [3.63, 3.8) is 0 Å². The van der Waals surface area contributed by atoms with Crippen molar-refractivity contribution < 1.29 is 36.9 Å². The molecule has 2 amide bonds. The number of hydrogen-bond acceptors (Lipinski definition) is 6. The Bertz CT molecular complexity index is 1010. The van der Waals surface area contributed by atoms with Gasteiger partial charge in [0.05, 0.1) is 15.6 Å². The van der Waals surface area contributed by atoms with Crippen molar-refractivity contribution in [1.82, 2.24) is 15.3 Å². The van der Waals surface area contributed by atoms with E-state index >= 15 is 0 Å². The molecule has 168 valence electrons. The van der Waals surface area contributed by atoms with E-state index in [-0.39, 0.29) is 28.6 Å². The van der Waals surface area contributed by atoms with Crippen molar-refractivity contribution in [1.29, 1.82) is 0 Å². The zero-order chi connectivity index (χ0) is 23.5. The molecule has 0 aliphatic heterocycles. The Morgan fingerprint density at radius 1 is 1.32 bits per heavy atom. The van der Waals surface area contributed by atoms with Gasteiger partial charge in [-0.05, 0) is 30.2 Å². The van der Waals surface area contributed by atoms with Crippen LogP contribution in [0.15, 0.2) is 17.0 Å². The second-order valence-corrected chi connectivity index (χ2v) is 8.14. The first-order valence-electron chi connectivity index (χ1n) is 8.18. The lowest BCUT2D eigenvalue weighted by Gasteiger charge is -2.14. The fraction of sp³-hybridized carbons (Fsp3) is 0.250. The molecule has 15 heteroatoms. The van der Waals surface area contributed by atoms with E-state index in [1.807, 2.05) is 0 Å². The Kier molecular flexibility index (Phi) is 7.81. The Hall–Kier alpha value is -2.48. The third-order valence-electron chi connectivity index (χ3n) is 3.59. The summed E-state index contributed by atoms with van der Waals surface area (Å²) in [5.74, 6) is -2.33. The van der Waals surface area contributed by atoms with E-state index in [1.54, 1.807) is 5.48 Å². The number of alkyl halides is 3. The van der Waals surface area contributed by atoms with Crippen LogP contribution in [0.5, 0.6) is 0 Å². The molecule has 1 aromatic heterocycles. The van der Waals surface area contributed by atoms with Crippen LogP contribution in [0.4, 0.5) is 19.0 Å². The van der Waals surface area contributed by atoms with Gasteiger partial charge in [-0.15, -0.1) is 0 Å². The van der Waals surface area contributed by atoms with Gasteiger partial charge < -0.3 is 14.7 Å². The molecule has 9 nitrogen and oxygen atoms in total. The molecule has 1 aromatic carbocycles. The molecule has 2 N–H and O–H groups in total. The molecule has 1 atom stereocenters. The second-order valence-electron chi connectivity index (χ2n) is 5.65. The maximum absolute atomic E-state index is 13.0. The number of hydrogen-bond donors (Lipinski definition) is 2. The third kappa shape index (κ3) is 5.42. The number of benzene rings is 1. The molecule has 31 heavy (non-hydrogen) atoms. The Balaban J connectivity index is 2.77. The minimum Gasteiger partial charge on any atom is -0.611 e. The van der Waals surface area contributed by atoms with E-state index in [4.69, 9.17) is 23.2 Å². The lowest BCUT2D eigenvalue weighted by Crippen LogP contribution is -2.28. The zero-order valence-corrected chi connectivity index (χ0v) is 18.0. The highest BCUT2D eigenvalue weighted by Crippen LogP contribution is 2.40. The van der Waals surface area contributed by atoms with Gasteiger partial charge in [0, 0.05) is 6.92 Å². The van der Waals surface area contributed by atoms with Gasteiger partial charge in [0.15, 0.2) is 5.82 Å². The van der Waals surface area contributed by atoms with Crippen LogP contribution < -0.4 is 10.8 Å². The summed E-state index contributed by atoms with van der Waals surface area (Å²) in [6.45, 7) is 2.51. The summed E-state index contributed by atoms with van der Waals surface area (Å²) in [4.78, 5) is 38.6. The van der Waals surface area contributed by atoms with Crippen LogP contribution in [-0.2, 0) is 31.8 Å². The number of halogens is 5. The molecule has 0 saturated carbocycles. The van der Waals surface area contributed by atoms with E-state index < -0.39 is 50.5 Å². The molecule has 2 aromatic rings. The second kappa shape index (κ2) is 9.77. The highest BCUT2D eigenvalue weighted by atomic mass is 35.5. The molecule has 0 radical (unpaired) electrons. The number of aromatic nitrogens is 2. The number of amides is 2. The topological polar surface area (TPSA) is 125 Å². The lowest BCUT2D eigenvalue weighted by atomic mass is 10.2. The molecule has 0 saturated heterocycles. The predicted octanol–water partition coefficient (Wildman–Crippen LogP) is 3.10. The van der Waals surface area contributed by atoms with E-state index in [0.717, 1.165) is 11.6 Å². The first-order chi connectivity index (χ1) is 14.4. The molecule has 0 aliphatic rings. The molecule has 0 spiro atoms. The minimum absolute atomic E-state index is 0.0262. The highest BCUT2D eigenvalue weighted by Gasteiger charge is 2.36. The van der Waals surface area contributed by atoms with E-state index in [2.05, 4.69) is 15.3 Å². The van der Waals surface area contributed by atoms with Crippen LogP contribution in [0.3, 0.4) is 0 Å². The summed E-state index contributed by atoms with van der Waals surface area (Å²) < 4.78 is 52.4. The molecule has 0 bridgehead atoms. The molecule has 2 rings (SSSR count). The predicted molar refractivity (Wildman–Crippen MR) is 104 cm³/mol. The van der Waals surface area contributed by atoms with Gasteiger partial charge in [-0.3, -0.25) is 14.4 Å². The van der Waals surface area contributed by atoms with Crippen molar-refractivity contribution in [2.24, 2.45) is 0 Å². The van der Waals surface area contributed by atoms with Gasteiger partial charge in [-0.1, -0.05) is 23.2 Å². The standard InChI is InChI=1S/C16H13Cl2F3N4O5S/c1-3-31(29)13-11(15(28)24-30-7(2)27)23-25(14(13)22-6-26)12-9(17)4-8(5-10(12)18)16(19,20)21/h4-6H,3H2,1-2H3,(H,22,26)(H,24,28). The third-order valence-corrected chi connectivity index (χ3v) is 5.53. The van der Waals surface area contributed by atoms with Gasteiger partial charge in [0.1, 0.15) is 11.4 Å². The first kappa shape index (κ1) is 24.8. The number of nitrogens with one attached hydrogen (secondary N) is 2. The van der Waals surface area contributed by atoms with Crippen molar-refractivity contribution in [2.45, 2.75) is 24.9 Å². The number of carbonyl (C=O) groups is 3.